The lowest BCUT2D eigenvalue weighted by Crippen LogP contribution is -2.46. The minimum atomic E-state index is 0.0235. The van der Waals surface area contributed by atoms with Gasteiger partial charge in [0.15, 0.2) is 0 Å². The molecule has 1 N–H and O–H groups in total. The molecule has 110 valence electrons. The van der Waals surface area contributed by atoms with Crippen molar-refractivity contribution in [3.63, 3.8) is 0 Å². The summed E-state index contributed by atoms with van der Waals surface area (Å²) in [5.74, 6) is 0. The van der Waals surface area contributed by atoms with E-state index in [1.165, 1.54) is 5.56 Å². The van der Waals surface area contributed by atoms with Crippen LogP contribution in [0.15, 0.2) is 12.1 Å². The highest BCUT2D eigenvalue weighted by Crippen LogP contribution is 2.07. The fourth-order valence-corrected chi connectivity index (χ4v) is 2.43. The number of hydrogen-bond acceptors (Lipinski definition) is 3. The first-order valence-corrected chi connectivity index (χ1v) is 7.20. The van der Waals surface area contributed by atoms with E-state index >= 15 is 0 Å². The van der Waals surface area contributed by atoms with E-state index in [2.05, 4.69) is 22.4 Å². The van der Waals surface area contributed by atoms with E-state index in [0.29, 0.717) is 32.8 Å². The zero-order chi connectivity index (χ0) is 14.4. The van der Waals surface area contributed by atoms with Gasteiger partial charge in [0.2, 0.25) is 0 Å². The molecule has 5 nitrogen and oxygen atoms in total. The molecule has 2 amide bonds. The monoisotopic (exact) mass is 277 g/mol. The largest absolute Gasteiger partial charge is 0.378 e. The summed E-state index contributed by atoms with van der Waals surface area (Å²) in [6.07, 6.45) is 1.91. The number of carbonyl (C=O) groups is 1. The summed E-state index contributed by atoms with van der Waals surface area (Å²) < 4.78 is 5.23. The van der Waals surface area contributed by atoms with Crippen LogP contribution in [0.2, 0.25) is 0 Å². The van der Waals surface area contributed by atoms with Gasteiger partial charge in [-0.1, -0.05) is 0 Å². The second-order valence-corrected chi connectivity index (χ2v) is 5.19. The SMILES string of the molecule is Cc1cc(CCCNC(=O)N2CCOCC2)cc(C)n1. The zero-order valence-corrected chi connectivity index (χ0v) is 12.3. The molecule has 1 aliphatic heterocycles. The summed E-state index contributed by atoms with van der Waals surface area (Å²) in [4.78, 5) is 18.0. The molecule has 0 aromatic carbocycles. The van der Waals surface area contributed by atoms with E-state index in [9.17, 15) is 4.79 Å². The molecule has 0 atom stereocenters. The number of amides is 2. The highest BCUT2D eigenvalue weighted by Gasteiger charge is 2.15. The average Bonchev–Trinajstić information content (AvgIpc) is 2.43. The summed E-state index contributed by atoms with van der Waals surface area (Å²) in [6, 6.07) is 4.24. The third-order valence-corrected chi connectivity index (χ3v) is 3.36. The van der Waals surface area contributed by atoms with Gasteiger partial charge in [-0.05, 0) is 44.4 Å². The highest BCUT2D eigenvalue weighted by atomic mass is 16.5. The van der Waals surface area contributed by atoms with Crippen LogP contribution in [0, 0.1) is 13.8 Å². The lowest BCUT2D eigenvalue weighted by molar-refractivity contribution is 0.0532. The van der Waals surface area contributed by atoms with Crippen LogP contribution in [-0.2, 0) is 11.2 Å². The van der Waals surface area contributed by atoms with Gasteiger partial charge in [0, 0.05) is 31.0 Å². The summed E-state index contributed by atoms with van der Waals surface area (Å²) >= 11 is 0. The van der Waals surface area contributed by atoms with Crippen LogP contribution in [0.5, 0.6) is 0 Å². The van der Waals surface area contributed by atoms with Crippen LogP contribution in [0.4, 0.5) is 4.79 Å². The first-order chi connectivity index (χ1) is 9.65. The number of pyridine rings is 1. The second-order valence-electron chi connectivity index (χ2n) is 5.19. The van der Waals surface area contributed by atoms with Crippen molar-refractivity contribution in [1.29, 1.82) is 0 Å². The maximum absolute atomic E-state index is 11.9. The van der Waals surface area contributed by atoms with Crippen LogP contribution < -0.4 is 5.32 Å². The fraction of sp³-hybridized carbons (Fsp3) is 0.600. The molecule has 0 saturated carbocycles. The fourth-order valence-electron chi connectivity index (χ4n) is 2.43. The minimum Gasteiger partial charge on any atom is -0.378 e. The Labute approximate surface area is 120 Å². The third kappa shape index (κ3) is 4.49. The van der Waals surface area contributed by atoms with Crippen molar-refractivity contribution in [2.45, 2.75) is 26.7 Å². The predicted octanol–water partition coefficient (Wildman–Crippen LogP) is 1.67. The topological polar surface area (TPSA) is 54.5 Å². The van der Waals surface area contributed by atoms with Crippen LogP contribution >= 0.6 is 0 Å². The number of aromatic nitrogens is 1. The molecule has 1 aromatic rings. The molecule has 1 aromatic heterocycles. The summed E-state index contributed by atoms with van der Waals surface area (Å²) in [7, 11) is 0. The summed E-state index contributed by atoms with van der Waals surface area (Å²) in [6.45, 7) is 7.39. The van der Waals surface area contributed by atoms with Crippen LogP contribution in [-0.4, -0.2) is 48.8 Å². The predicted molar refractivity (Wildman–Crippen MR) is 77.8 cm³/mol. The van der Waals surface area contributed by atoms with E-state index in [1.54, 1.807) is 0 Å². The van der Waals surface area contributed by atoms with Gasteiger partial charge in [-0.3, -0.25) is 4.98 Å². The van der Waals surface area contributed by atoms with Crippen molar-refractivity contribution in [2.75, 3.05) is 32.8 Å². The maximum Gasteiger partial charge on any atom is 0.317 e. The Bertz CT molecular complexity index is 436. The van der Waals surface area contributed by atoms with Crippen molar-refractivity contribution < 1.29 is 9.53 Å². The minimum absolute atomic E-state index is 0.0235. The number of ether oxygens (including phenoxy) is 1. The molecule has 0 aliphatic carbocycles. The normalized spacial score (nSPS) is 15.2. The molecule has 1 fully saturated rings. The van der Waals surface area contributed by atoms with Gasteiger partial charge >= 0.3 is 6.03 Å². The molecule has 1 aliphatic rings. The number of aryl methyl sites for hydroxylation is 3. The number of hydrogen-bond donors (Lipinski definition) is 1. The highest BCUT2D eigenvalue weighted by molar-refractivity contribution is 5.74. The van der Waals surface area contributed by atoms with Gasteiger partial charge in [-0.15, -0.1) is 0 Å². The van der Waals surface area contributed by atoms with E-state index in [4.69, 9.17) is 4.74 Å². The van der Waals surface area contributed by atoms with Crippen LogP contribution in [0.3, 0.4) is 0 Å². The van der Waals surface area contributed by atoms with Crippen molar-refractivity contribution in [2.24, 2.45) is 0 Å². The smallest absolute Gasteiger partial charge is 0.317 e. The lowest BCUT2D eigenvalue weighted by atomic mass is 10.1. The van der Waals surface area contributed by atoms with Crippen LogP contribution in [0.25, 0.3) is 0 Å². The van der Waals surface area contributed by atoms with Gasteiger partial charge in [0.05, 0.1) is 13.2 Å². The van der Waals surface area contributed by atoms with E-state index in [-0.39, 0.29) is 6.03 Å². The van der Waals surface area contributed by atoms with E-state index in [1.807, 2.05) is 18.7 Å². The maximum atomic E-state index is 11.9. The number of carbonyl (C=O) groups excluding carboxylic acids is 1. The molecule has 2 rings (SSSR count). The van der Waals surface area contributed by atoms with Crippen molar-refractivity contribution >= 4 is 6.03 Å². The molecule has 0 radical (unpaired) electrons. The first-order valence-electron chi connectivity index (χ1n) is 7.20. The number of rotatable bonds is 4. The Morgan fingerprint density at radius 3 is 2.60 bits per heavy atom. The average molecular weight is 277 g/mol. The Morgan fingerprint density at radius 2 is 1.95 bits per heavy atom. The van der Waals surface area contributed by atoms with Gasteiger partial charge in [-0.2, -0.15) is 0 Å². The molecule has 5 heteroatoms. The molecular formula is C15H23N3O2. The van der Waals surface area contributed by atoms with Gasteiger partial charge in [0.1, 0.15) is 0 Å². The Morgan fingerprint density at radius 1 is 1.30 bits per heavy atom. The van der Waals surface area contributed by atoms with Gasteiger partial charge in [-0.25, -0.2) is 4.79 Å². The molecule has 2 heterocycles. The number of nitrogens with zero attached hydrogens (tertiary/aromatic N) is 2. The number of morpholine rings is 1. The Kier molecular flexibility index (Phi) is 5.35. The zero-order valence-electron chi connectivity index (χ0n) is 12.3. The molecule has 1 saturated heterocycles. The Hall–Kier alpha value is -1.62. The van der Waals surface area contributed by atoms with Gasteiger partial charge in [0.25, 0.3) is 0 Å². The Balaban J connectivity index is 1.69. The third-order valence-electron chi connectivity index (χ3n) is 3.36. The number of nitrogens with one attached hydrogen (secondary N) is 1. The molecule has 0 spiro atoms. The van der Waals surface area contributed by atoms with Crippen molar-refractivity contribution in [1.82, 2.24) is 15.2 Å². The summed E-state index contributed by atoms with van der Waals surface area (Å²) in [5.41, 5.74) is 3.39. The van der Waals surface area contributed by atoms with E-state index < -0.39 is 0 Å². The number of urea groups is 1. The van der Waals surface area contributed by atoms with Gasteiger partial charge < -0.3 is 15.0 Å². The first kappa shape index (κ1) is 14.8. The van der Waals surface area contributed by atoms with E-state index in [0.717, 1.165) is 24.2 Å². The standard InChI is InChI=1S/C15H23N3O2/c1-12-10-14(11-13(2)17-12)4-3-5-16-15(19)18-6-8-20-9-7-18/h10-11H,3-9H2,1-2H3,(H,16,19). The van der Waals surface area contributed by atoms with Crippen molar-refractivity contribution in [3.8, 4) is 0 Å². The second kappa shape index (κ2) is 7.24. The lowest BCUT2D eigenvalue weighted by Gasteiger charge is -2.26. The molecule has 0 bridgehead atoms. The van der Waals surface area contributed by atoms with Crippen LogP contribution in [0.1, 0.15) is 23.4 Å². The summed E-state index contributed by atoms with van der Waals surface area (Å²) in [5, 5.41) is 2.97. The molecular weight excluding hydrogens is 254 g/mol. The molecule has 0 unspecified atom stereocenters. The van der Waals surface area contributed by atoms with Crippen molar-refractivity contribution in [3.05, 3.63) is 29.1 Å². The quantitative estimate of drug-likeness (QED) is 0.852. The molecule has 20 heavy (non-hydrogen) atoms.